The Morgan fingerprint density at radius 1 is 1.43 bits per heavy atom. The van der Waals surface area contributed by atoms with Crippen LogP contribution < -0.4 is 5.32 Å². The van der Waals surface area contributed by atoms with Gasteiger partial charge >= 0.3 is 0 Å². The van der Waals surface area contributed by atoms with Gasteiger partial charge in [-0.1, -0.05) is 0 Å². The third kappa shape index (κ3) is 4.00. The van der Waals surface area contributed by atoms with E-state index in [-0.39, 0.29) is 11.8 Å². The van der Waals surface area contributed by atoms with Crippen molar-refractivity contribution in [2.45, 2.75) is 25.7 Å². The molecule has 3 rings (SSSR count). The van der Waals surface area contributed by atoms with E-state index >= 15 is 0 Å². The van der Waals surface area contributed by atoms with Crippen molar-refractivity contribution < 1.29 is 4.79 Å². The molecule has 0 bridgehead atoms. The number of anilines is 2. The number of rotatable bonds is 4. The van der Waals surface area contributed by atoms with Gasteiger partial charge in [-0.2, -0.15) is 0 Å². The highest BCUT2D eigenvalue weighted by Gasteiger charge is 2.23. The number of amides is 1. The van der Waals surface area contributed by atoms with Crippen molar-refractivity contribution in [1.82, 2.24) is 14.9 Å². The standard InChI is InChI=1S/C16H19ClN4OS/c1-11-10-19-16(23-11)20-14-8-13(2-5-18-14)12-3-6-21(7-4-12)15(22)9-17/h2,5,8,10,12H,3-4,6-7,9H2,1H3,(H,18,19,20). The summed E-state index contributed by atoms with van der Waals surface area (Å²) >= 11 is 7.24. The monoisotopic (exact) mass is 350 g/mol. The maximum atomic E-state index is 11.6. The van der Waals surface area contributed by atoms with Crippen molar-refractivity contribution in [3.63, 3.8) is 0 Å². The second kappa shape index (κ2) is 7.27. The third-order valence-corrected chi connectivity index (χ3v) is 5.13. The van der Waals surface area contributed by atoms with Crippen LogP contribution in [0.3, 0.4) is 0 Å². The smallest absolute Gasteiger partial charge is 0.237 e. The molecule has 1 aliphatic heterocycles. The number of hydrogen-bond acceptors (Lipinski definition) is 5. The molecule has 1 aliphatic rings. The second-order valence-corrected chi connectivity index (χ2v) is 7.17. The highest BCUT2D eigenvalue weighted by Crippen LogP contribution is 2.30. The molecule has 1 saturated heterocycles. The fourth-order valence-corrected chi connectivity index (χ4v) is 3.68. The van der Waals surface area contributed by atoms with Gasteiger partial charge in [0.1, 0.15) is 11.7 Å². The lowest BCUT2D eigenvalue weighted by Crippen LogP contribution is -2.38. The van der Waals surface area contributed by atoms with Crippen molar-refractivity contribution in [2.75, 3.05) is 24.3 Å². The number of halogens is 1. The molecule has 122 valence electrons. The molecule has 0 unspecified atom stereocenters. The summed E-state index contributed by atoms with van der Waals surface area (Å²) in [6.07, 6.45) is 5.60. The summed E-state index contributed by atoms with van der Waals surface area (Å²) in [6.45, 7) is 3.57. The lowest BCUT2D eigenvalue weighted by atomic mass is 9.90. The molecule has 1 fully saturated rings. The minimum atomic E-state index is 0.0290. The van der Waals surface area contributed by atoms with Crippen molar-refractivity contribution in [3.8, 4) is 0 Å². The molecule has 0 radical (unpaired) electrons. The van der Waals surface area contributed by atoms with Gasteiger partial charge in [-0.15, -0.1) is 22.9 Å². The summed E-state index contributed by atoms with van der Waals surface area (Å²) in [5.74, 6) is 1.37. The molecular formula is C16H19ClN4OS. The van der Waals surface area contributed by atoms with Crippen molar-refractivity contribution in [3.05, 3.63) is 35.0 Å². The van der Waals surface area contributed by atoms with Crippen LogP contribution in [0.1, 0.15) is 29.2 Å². The predicted molar refractivity (Wildman–Crippen MR) is 93.6 cm³/mol. The topological polar surface area (TPSA) is 58.1 Å². The Balaban J connectivity index is 1.65. The van der Waals surface area contributed by atoms with Crippen molar-refractivity contribution in [1.29, 1.82) is 0 Å². The summed E-state index contributed by atoms with van der Waals surface area (Å²) < 4.78 is 0. The summed E-state index contributed by atoms with van der Waals surface area (Å²) in [6, 6.07) is 4.14. The number of thiazole rings is 1. The minimum absolute atomic E-state index is 0.0290. The van der Waals surface area contributed by atoms with E-state index in [0.717, 1.165) is 36.9 Å². The number of aromatic nitrogens is 2. The molecule has 2 aromatic heterocycles. The van der Waals surface area contributed by atoms with E-state index in [1.165, 1.54) is 10.4 Å². The lowest BCUT2D eigenvalue weighted by molar-refractivity contribution is -0.129. The molecular weight excluding hydrogens is 332 g/mol. The maximum absolute atomic E-state index is 11.6. The first kappa shape index (κ1) is 16.2. The number of hydrogen-bond donors (Lipinski definition) is 1. The average Bonchev–Trinajstić information content (AvgIpc) is 2.99. The van der Waals surface area contributed by atoms with E-state index in [2.05, 4.69) is 27.4 Å². The van der Waals surface area contributed by atoms with Crippen LogP contribution in [0, 0.1) is 6.92 Å². The Morgan fingerprint density at radius 3 is 2.87 bits per heavy atom. The van der Waals surface area contributed by atoms with E-state index < -0.39 is 0 Å². The van der Waals surface area contributed by atoms with Crippen molar-refractivity contribution >= 4 is 39.8 Å². The Hall–Kier alpha value is -1.66. The minimum Gasteiger partial charge on any atom is -0.342 e. The highest BCUT2D eigenvalue weighted by atomic mass is 35.5. The number of aryl methyl sites for hydroxylation is 1. The van der Waals surface area contributed by atoms with Gasteiger partial charge in [-0.25, -0.2) is 9.97 Å². The zero-order valence-corrected chi connectivity index (χ0v) is 14.5. The first-order valence-corrected chi connectivity index (χ1v) is 9.00. The largest absolute Gasteiger partial charge is 0.342 e. The van der Waals surface area contributed by atoms with E-state index in [1.807, 2.05) is 24.2 Å². The number of nitrogens with zero attached hydrogens (tertiary/aromatic N) is 3. The van der Waals surface area contributed by atoms with E-state index in [4.69, 9.17) is 11.6 Å². The summed E-state index contributed by atoms with van der Waals surface area (Å²) in [7, 11) is 0. The molecule has 1 N–H and O–H groups in total. The van der Waals surface area contributed by atoms with Crippen LogP contribution in [0.5, 0.6) is 0 Å². The fourth-order valence-electron chi connectivity index (χ4n) is 2.84. The number of nitrogens with one attached hydrogen (secondary N) is 1. The SMILES string of the molecule is Cc1cnc(Nc2cc(C3CCN(C(=O)CCl)CC3)ccn2)s1. The number of alkyl halides is 1. The number of pyridine rings is 1. The van der Waals surface area contributed by atoms with E-state index in [1.54, 1.807) is 11.3 Å². The van der Waals surface area contributed by atoms with E-state index in [0.29, 0.717) is 5.92 Å². The van der Waals surface area contributed by atoms with Gasteiger partial charge in [0, 0.05) is 30.4 Å². The van der Waals surface area contributed by atoms with Gasteiger partial charge in [0.15, 0.2) is 5.13 Å². The molecule has 0 atom stereocenters. The highest BCUT2D eigenvalue weighted by molar-refractivity contribution is 7.15. The zero-order chi connectivity index (χ0) is 16.2. The summed E-state index contributed by atoms with van der Waals surface area (Å²) in [5.41, 5.74) is 1.26. The molecule has 3 heterocycles. The molecule has 0 aromatic carbocycles. The number of carbonyl (C=O) groups excluding carboxylic acids is 1. The normalized spacial score (nSPS) is 15.7. The molecule has 23 heavy (non-hydrogen) atoms. The predicted octanol–water partition coefficient (Wildman–Crippen LogP) is 3.53. The molecule has 0 aliphatic carbocycles. The zero-order valence-electron chi connectivity index (χ0n) is 13.0. The molecule has 7 heteroatoms. The van der Waals surface area contributed by atoms with Crippen LogP contribution in [0.2, 0.25) is 0 Å². The first-order valence-electron chi connectivity index (χ1n) is 7.65. The van der Waals surface area contributed by atoms with Gasteiger partial charge in [0.05, 0.1) is 0 Å². The molecule has 0 saturated carbocycles. The van der Waals surface area contributed by atoms with Gasteiger partial charge in [-0.3, -0.25) is 4.79 Å². The summed E-state index contributed by atoms with van der Waals surface area (Å²) in [4.78, 5) is 23.3. The maximum Gasteiger partial charge on any atom is 0.237 e. The van der Waals surface area contributed by atoms with Gasteiger partial charge in [0.25, 0.3) is 0 Å². The number of piperidine rings is 1. The first-order chi connectivity index (χ1) is 11.2. The number of carbonyl (C=O) groups is 1. The van der Waals surface area contributed by atoms with E-state index in [9.17, 15) is 4.79 Å². The lowest BCUT2D eigenvalue weighted by Gasteiger charge is -2.32. The Morgan fingerprint density at radius 2 is 2.22 bits per heavy atom. The quantitative estimate of drug-likeness (QED) is 0.857. The third-order valence-electron chi connectivity index (χ3n) is 4.07. The van der Waals surface area contributed by atoms with Gasteiger partial charge < -0.3 is 10.2 Å². The molecule has 2 aromatic rings. The van der Waals surface area contributed by atoms with Crippen LogP contribution in [0.15, 0.2) is 24.5 Å². The van der Waals surface area contributed by atoms with Crippen molar-refractivity contribution in [2.24, 2.45) is 0 Å². The van der Waals surface area contributed by atoms with Crippen LogP contribution >= 0.6 is 22.9 Å². The Labute approximate surface area is 144 Å². The average molecular weight is 351 g/mol. The Bertz CT molecular complexity index is 682. The van der Waals surface area contributed by atoms with Gasteiger partial charge in [0.2, 0.25) is 5.91 Å². The van der Waals surface area contributed by atoms with Gasteiger partial charge in [-0.05, 0) is 43.4 Å². The second-order valence-electron chi connectivity index (χ2n) is 5.66. The van der Waals surface area contributed by atoms with Crippen LogP contribution in [0.25, 0.3) is 0 Å². The fraction of sp³-hybridized carbons (Fsp3) is 0.438. The van der Waals surface area contributed by atoms with Crippen LogP contribution in [-0.2, 0) is 4.79 Å². The summed E-state index contributed by atoms with van der Waals surface area (Å²) in [5, 5.41) is 4.11. The van der Waals surface area contributed by atoms with Crippen LogP contribution in [0.4, 0.5) is 10.9 Å². The molecule has 5 nitrogen and oxygen atoms in total. The number of likely N-dealkylation sites (tertiary alicyclic amines) is 1. The molecule has 1 amide bonds. The molecule has 0 spiro atoms. The Kier molecular flexibility index (Phi) is 5.13. The van der Waals surface area contributed by atoms with Crippen LogP contribution in [-0.4, -0.2) is 39.7 Å².